The zero-order valence-electron chi connectivity index (χ0n) is 15.3. The van der Waals surface area contributed by atoms with Gasteiger partial charge in [-0.05, 0) is 30.3 Å². The Kier molecular flexibility index (Phi) is 6.48. The summed E-state index contributed by atoms with van der Waals surface area (Å²) in [6.07, 6.45) is 0. The number of nitro groups is 1. The molecule has 30 heavy (non-hydrogen) atoms. The minimum atomic E-state index is -3.86. The predicted molar refractivity (Wildman–Crippen MR) is 110 cm³/mol. The molecule has 1 saturated heterocycles. The number of carbonyl (C=O) groups excluding carboxylic acids is 1. The van der Waals surface area contributed by atoms with Crippen molar-refractivity contribution in [1.29, 1.82) is 0 Å². The van der Waals surface area contributed by atoms with E-state index in [2.05, 4.69) is 0 Å². The number of benzene rings is 2. The fourth-order valence-electron chi connectivity index (χ4n) is 3.14. The number of carbonyl (C=O) groups is 1. The van der Waals surface area contributed by atoms with Crippen LogP contribution < -0.4 is 10.4 Å². The van der Waals surface area contributed by atoms with Crippen LogP contribution in [0.1, 0.15) is 10.4 Å². The summed E-state index contributed by atoms with van der Waals surface area (Å²) in [7, 11) is -3.86. The molecule has 0 atom stereocenters. The molecule has 0 bridgehead atoms. The minimum Gasteiger partial charge on any atom is -0.363 e. The molecule has 1 amide bonds. The second-order valence-electron chi connectivity index (χ2n) is 6.37. The third kappa shape index (κ3) is 4.35. The summed E-state index contributed by atoms with van der Waals surface area (Å²) >= 11 is 11.9. The van der Waals surface area contributed by atoms with Gasteiger partial charge in [-0.3, -0.25) is 20.1 Å². The van der Waals surface area contributed by atoms with Gasteiger partial charge in [0.25, 0.3) is 11.6 Å². The van der Waals surface area contributed by atoms with E-state index in [0.29, 0.717) is 5.02 Å². The van der Waals surface area contributed by atoms with Crippen LogP contribution in [0.4, 0.5) is 11.4 Å². The molecule has 0 spiro atoms. The highest BCUT2D eigenvalue weighted by molar-refractivity contribution is 7.89. The largest absolute Gasteiger partial charge is 0.363 e. The molecule has 0 unspecified atom stereocenters. The lowest BCUT2D eigenvalue weighted by molar-refractivity contribution is -0.384. The molecule has 1 aliphatic heterocycles. The number of hydrogen-bond donors (Lipinski definition) is 2. The van der Waals surface area contributed by atoms with Gasteiger partial charge in [-0.1, -0.05) is 23.2 Å². The van der Waals surface area contributed by atoms with E-state index in [0.717, 1.165) is 6.07 Å². The van der Waals surface area contributed by atoms with Crippen molar-refractivity contribution < 1.29 is 23.3 Å². The van der Waals surface area contributed by atoms with Crippen molar-refractivity contribution in [3.05, 3.63) is 62.1 Å². The number of hydrogen-bond acceptors (Lipinski definition) is 7. The van der Waals surface area contributed by atoms with E-state index in [-0.39, 0.29) is 53.0 Å². The van der Waals surface area contributed by atoms with Gasteiger partial charge < -0.3 is 4.90 Å². The Bertz CT molecular complexity index is 1100. The van der Waals surface area contributed by atoms with Crippen molar-refractivity contribution in [3.63, 3.8) is 0 Å². The first-order chi connectivity index (χ1) is 14.1. The average molecular weight is 475 g/mol. The lowest BCUT2D eigenvalue weighted by atomic mass is 10.1. The van der Waals surface area contributed by atoms with Crippen molar-refractivity contribution in [3.8, 4) is 0 Å². The van der Waals surface area contributed by atoms with E-state index in [1.807, 2.05) is 0 Å². The van der Waals surface area contributed by atoms with Crippen LogP contribution in [0.3, 0.4) is 0 Å². The van der Waals surface area contributed by atoms with E-state index in [4.69, 9.17) is 28.4 Å². The molecule has 2 aromatic carbocycles. The number of hydroxylamine groups is 1. The molecule has 10 nitrogen and oxygen atoms in total. The number of sulfonamides is 1. The van der Waals surface area contributed by atoms with Crippen molar-refractivity contribution in [2.45, 2.75) is 4.90 Å². The number of amides is 1. The van der Waals surface area contributed by atoms with E-state index in [9.17, 15) is 23.3 Å². The van der Waals surface area contributed by atoms with Gasteiger partial charge in [0.1, 0.15) is 10.6 Å². The maximum atomic E-state index is 12.9. The van der Waals surface area contributed by atoms with Gasteiger partial charge in [-0.2, -0.15) is 4.31 Å². The second-order valence-corrected chi connectivity index (χ2v) is 9.12. The standard InChI is InChI=1S/C17H16Cl2N4O6S/c18-12-2-4-16(13(19)10-12)30(28,29)22-7-5-21(6-8-22)14-3-1-11(17(24)20-25)9-15(14)23(26)27/h1-4,9-10,25H,5-8H2,(H,20,24). The first kappa shape index (κ1) is 22.2. The van der Waals surface area contributed by atoms with Gasteiger partial charge in [0.15, 0.2) is 0 Å². The first-order valence-corrected chi connectivity index (χ1v) is 10.8. The van der Waals surface area contributed by atoms with E-state index in [1.165, 1.54) is 40.1 Å². The number of nitrogens with zero attached hydrogens (tertiary/aromatic N) is 3. The lowest BCUT2D eigenvalue weighted by Crippen LogP contribution is -2.48. The van der Waals surface area contributed by atoms with Crippen LogP contribution in [0.15, 0.2) is 41.3 Å². The molecule has 1 heterocycles. The van der Waals surface area contributed by atoms with Crippen molar-refractivity contribution in [2.75, 3.05) is 31.1 Å². The number of rotatable bonds is 5. The highest BCUT2D eigenvalue weighted by Crippen LogP contribution is 2.32. The highest BCUT2D eigenvalue weighted by Gasteiger charge is 2.32. The molecule has 0 radical (unpaired) electrons. The summed E-state index contributed by atoms with van der Waals surface area (Å²) in [4.78, 5) is 23.9. The number of anilines is 1. The molecular weight excluding hydrogens is 459 g/mol. The Balaban J connectivity index is 1.81. The fourth-order valence-corrected chi connectivity index (χ4v) is 5.30. The Morgan fingerprint density at radius 1 is 1.10 bits per heavy atom. The zero-order chi connectivity index (χ0) is 22.1. The number of nitro benzene ring substituents is 1. The Labute approximate surface area is 181 Å². The van der Waals surface area contributed by atoms with Crippen molar-refractivity contribution in [2.24, 2.45) is 0 Å². The minimum absolute atomic E-state index is 0.0123. The van der Waals surface area contributed by atoms with Gasteiger partial charge in [-0.15, -0.1) is 0 Å². The van der Waals surface area contributed by atoms with Gasteiger partial charge in [-0.25, -0.2) is 13.9 Å². The van der Waals surface area contributed by atoms with Gasteiger partial charge in [0.2, 0.25) is 10.0 Å². The Hall–Kier alpha value is -2.44. The van der Waals surface area contributed by atoms with Crippen LogP contribution in [-0.4, -0.2) is 54.9 Å². The van der Waals surface area contributed by atoms with Gasteiger partial charge >= 0.3 is 0 Å². The summed E-state index contributed by atoms with van der Waals surface area (Å²) in [5, 5.41) is 20.5. The summed E-state index contributed by atoms with van der Waals surface area (Å²) in [5.74, 6) is -0.875. The molecule has 160 valence electrons. The molecule has 2 N–H and O–H groups in total. The number of nitrogens with one attached hydrogen (secondary N) is 1. The highest BCUT2D eigenvalue weighted by atomic mass is 35.5. The Morgan fingerprint density at radius 2 is 1.77 bits per heavy atom. The third-order valence-corrected chi connectivity index (χ3v) is 7.24. The topological polar surface area (TPSA) is 133 Å². The van der Waals surface area contributed by atoms with Gasteiger partial charge in [0.05, 0.1) is 9.95 Å². The summed E-state index contributed by atoms with van der Waals surface area (Å²) in [6, 6.07) is 7.90. The molecule has 1 fully saturated rings. The molecule has 0 aliphatic carbocycles. The monoisotopic (exact) mass is 474 g/mol. The van der Waals surface area contributed by atoms with Crippen molar-refractivity contribution >= 4 is 50.5 Å². The van der Waals surface area contributed by atoms with Crippen LogP contribution in [0.25, 0.3) is 0 Å². The molecule has 0 aromatic heterocycles. The molecular formula is C17H16Cl2N4O6S. The number of piperazine rings is 1. The maximum Gasteiger partial charge on any atom is 0.293 e. The van der Waals surface area contributed by atoms with Crippen LogP contribution in [0.2, 0.25) is 10.0 Å². The molecule has 13 heteroatoms. The molecule has 3 rings (SSSR count). The quantitative estimate of drug-likeness (QED) is 0.386. The van der Waals surface area contributed by atoms with E-state index < -0.39 is 20.9 Å². The lowest BCUT2D eigenvalue weighted by Gasteiger charge is -2.35. The van der Waals surface area contributed by atoms with Crippen LogP contribution >= 0.6 is 23.2 Å². The Morgan fingerprint density at radius 3 is 2.33 bits per heavy atom. The summed E-state index contributed by atoms with van der Waals surface area (Å²) < 4.78 is 27.0. The molecule has 1 aliphatic rings. The maximum absolute atomic E-state index is 12.9. The van der Waals surface area contributed by atoms with Crippen LogP contribution in [0, 0.1) is 10.1 Å². The van der Waals surface area contributed by atoms with Gasteiger partial charge in [0, 0.05) is 42.8 Å². The third-order valence-electron chi connectivity index (χ3n) is 4.63. The van der Waals surface area contributed by atoms with E-state index in [1.54, 1.807) is 4.90 Å². The predicted octanol–water partition coefficient (Wildman–Crippen LogP) is 2.53. The normalized spacial score (nSPS) is 15.1. The van der Waals surface area contributed by atoms with Crippen molar-refractivity contribution in [1.82, 2.24) is 9.79 Å². The average Bonchev–Trinajstić information content (AvgIpc) is 2.72. The first-order valence-electron chi connectivity index (χ1n) is 8.58. The SMILES string of the molecule is O=C(NO)c1ccc(N2CCN(S(=O)(=O)c3ccc(Cl)cc3Cl)CC2)c([N+](=O)[O-])c1. The zero-order valence-corrected chi connectivity index (χ0v) is 17.6. The van der Waals surface area contributed by atoms with Crippen LogP contribution in [0.5, 0.6) is 0 Å². The smallest absolute Gasteiger partial charge is 0.293 e. The fraction of sp³-hybridized carbons (Fsp3) is 0.235. The van der Waals surface area contributed by atoms with E-state index >= 15 is 0 Å². The summed E-state index contributed by atoms with van der Waals surface area (Å²) in [5.41, 5.74) is 1.27. The second kappa shape index (κ2) is 8.74. The molecule has 2 aromatic rings. The summed E-state index contributed by atoms with van der Waals surface area (Å²) in [6.45, 7) is 0.544. The molecule has 0 saturated carbocycles. The van der Waals surface area contributed by atoms with Crippen LogP contribution in [-0.2, 0) is 10.0 Å². The number of halogens is 2.